The standard InChI is InChI=1S/C24H22N4O4/c29-23(28-9-11-31-12-10-28)15-32-22-8-5-16-3-1-2-4-18(16)19(22)14-25-17-6-7-20-21(13-17)27-24(30)26-20/h1-8,13-14H,9-12,15H2,(H2,26,27,30). The zero-order chi connectivity index (χ0) is 21.9. The van der Waals surface area contributed by atoms with Gasteiger partial charge >= 0.3 is 5.69 Å². The quantitative estimate of drug-likeness (QED) is 0.476. The third-order valence-electron chi connectivity index (χ3n) is 5.49. The van der Waals surface area contributed by atoms with Crippen LogP contribution in [0, 0.1) is 0 Å². The average Bonchev–Trinajstić information content (AvgIpc) is 3.21. The number of ether oxygens (including phenoxy) is 2. The highest BCUT2D eigenvalue weighted by molar-refractivity contribution is 6.03. The summed E-state index contributed by atoms with van der Waals surface area (Å²) in [6.07, 6.45) is 1.74. The largest absolute Gasteiger partial charge is 0.483 e. The second-order valence-corrected chi connectivity index (χ2v) is 7.55. The number of fused-ring (bicyclic) bond motifs is 2. The summed E-state index contributed by atoms with van der Waals surface area (Å²) in [6.45, 7) is 2.22. The van der Waals surface area contributed by atoms with Gasteiger partial charge in [-0.3, -0.25) is 9.79 Å². The molecule has 0 radical (unpaired) electrons. The number of rotatable bonds is 5. The van der Waals surface area contributed by atoms with Crippen LogP contribution in [0.2, 0.25) is 0 Å². The molecule has 32 heavy (non-hydrogen) atoms. The number of amides is 1. The Balaban J connectivity index is 1.44. The molecule has 8 nitrogen and oxygen atoms in total. The fourth-order valence-electron chi connectivity index (χ4n) is 3.82. The zero-order valence-corrected chi connectivity index (χ0v) is 17.3. The molecule has 1 aromatic heterocycles. The number of aromatic amines is 2. The van der Waals surface area contributed by atoms with E-state index in [2.05, 4.69) is 15.0 Å². The predicted molar refractivity (Wildman–Crippen MR) is 123 cm³/mol. The van der Waals surface area contributed by atoms with Gasteiger partial charge in [-0.05, 0) is 35.0 Å². The minimum Gasteiger partial charge on any atom is -0.483 e. The molecule has 1 aliphatic heterocycles. The Hall–Kier alpha value is -3.91. The summed E-state index contributed by atoms with van der Waals surface area (Å²) in [5.74, 6) is 0.524. The molecule has 5 rings (SSSR count). The molecule has 1 aliphatic rings. The Morgan fingerprint density at radius 3 is 2.75 bits per heavy atom. The number of carbonyl (C=O) groups is 1. The third-order valence-corrected chi connectivity index (χ3v) is 5.49. The summed E-state index contributed by atoms with van der Waals surface area (Å²) in [5.41, 5.74) is 2.65. The number of benzene rings is 3. The molecule has 0 spiro atoms. The molecule has 2 N–H and O–H groups in total. The maximum absolute atomic E-state index is 12.5. The van der Waals surface area contributed by atoms with Crippen LogP contribution in [0.1, 0.15) is 5.56 Å². The highest BCUT2D eigenvalue weighted by Gasteiger charge is 2.18. The Labute approximate surface area is 183 Å². The number of H-pyrrole nitrogens is 2. The number of nitrogens with zero attached hydrogens (tertiary/aromatic N) is 2. The van der Waals surface area contributed by atoms with Crippen molar-refractivity contribution in [2.75, 3.05) is 32.9 Å². The molecular weight excluding hydrogens is 408 g/mol. The lowest BCUT2D eigenvalue weighted by Gasteiger charge is -2.26. The van der Waals surface area contributed by atoms with Crippen molar-refractivity contribution in [2.45, 2.75) is 0 Å². The first-order chi connectivity index (χ1) is 15.7. The maximum atomic E-state index is 12.5. The first-order valence-corrected chi connectivity index (χ1v) is 10.4. The average molecular weight is 430 g/mol. The van der Waals surface area contributed by atoms with Crippen LogP contribution in [0.5, 0.6) is 5.75 Å². The van der Waals surface area contributed by atoms with Gasteiger partial charge in [0.25, 0.3) is 5.91 Å². The molecule has 8 heteroatoms. The van der Waals surface area contributed by atoms with Crippen molar-refractivity contribution >= 4 is 39.6 Å². The van der Waals surface area contributed by atoms with Gasteiger partial charge in [0.15, 0.2) is 6.61 Å². The van der Waals surface area contributed by atoms with E-state index in [1.807, 2.05) is 42.5 Å². The van der Waals surface area contributed by atoms with Crippen LogP contribution in [0.25, 0.3) is 21.8 Å². The second kappa shape index (κ2) is 8.68. The van der Waals surface area contributed by atoms with Gasteiger partial charge in [0.1, 0.15) is 5.75 Å². The van der Waals surface area contributed by atoms with Crippen molar-refractivity contribution < 1.29 is 14.3 Å². The Bertz CT molecular complexity index is 1370. The SMILES string of the molecule is O=C(COc1ccc2ccccc2c1C=Nc1ccc2[nH]c(=O)[nH]c2c1)N1CCOCC1. The van der Waals surface area contributed by atoms with Gasteiger partial charge < -0.3 is 24.3 Å². The molecule has 162 valence electrons. The van der Waals surface area contributed by atoms with Crippen molar-refractivity contribution in [3.8, 4) is 5.75 Å². The summed E-state index contributed by atoms with van der Waals surface area (Å²) in [7, 11) is 0. The molecule has 1 amide bonds. The first kappa shape index (κ1) is 20.0. The van der Waals surface area contributed by atoms with Crippen LogP contribution in [0.3, 0.4) is 0 Å². The summed E-state index contributed by atoms with van der Waals surface area (Å²) in [6, 6.07) is 17.2. The van der Waals surface area contributed by atoms with Gasteiger partial charge in [-0.25, -0.2) is 4.79 Å². The van der Waals surface area contributed by atoms with E-state index in [9.17, 15) is 9.59 Å². The zero-order valence-electron chi connectivity index (χ0n) is 17.3. The molecule has 0 atom stereocenters. The molecule has 3 aromatic carbocycles. The van der Waals surface area contributed by atoms with E-state index < -0.39 is 0 Å². The van der Waals surface area contributed by atoms with E-state index >= 15 is 0 Å². The first-order valence-electron chi connectivity index (χ1n) is 10.4. The van der Waals surface area contributed by atoms with Gasteiger partial charge in [0, 0.05) is 24.9 Å². The van der Waals surface area contributed by atoms with E-state index in [1.165, 1.54) is 0 Å². The lowest BCUT2D eigenvalue weighted by molar-refractivity contribution is -0.137. The number of aliphatic imine (C=N–C) groups is 1. The van der Waals surface area contributed by atoms with E-state index in [-0.39, 0.29) is 18.2 Å². The van der Waals surface area contributed by atoms with Crippen molar-refractivity contribution in [3.63, 3.8) is 0 Å². The van der Waals surface area contributed by atoms with Gasteiger partial charge in [0.05, 0.1) is 29.9 Å². The maximum Gasteiger partial charge on any atom is 0.323 e. The van der Waals surface area contributed by atoms with Crippen LogP contribution in [0.15, 0.2) is 64.4 Å². The van der Waals surface area contributed by atoms with Crippen molar-refractivity contribution in [1.29, 1.82) is 0 Å². The van der Waals surface area contributed by atoms with Crippen molar-refractivity contribution in [3.05, 3.63) is 70.6 Å². The molecule has 1 fully saturated rings. The molecule has 0 bridgehead atoms. The number of morpholine rings is 1. The predicted octanol–water partition coefficient (Wildman–Crippen LogP) is 3.00. The lowest BCUT2D eigenvalue weighted by atomic mass is 10.0. The van der Waals surface area contributed by atoms with Gasteiger partial charge in [-0.1, -0.05) is 30.3 Å². The fourth-order valence-corrected chi connectivity index (χ4v) is 3.82. The number of nitrogens with one attached hydrogen (secondary N) is 2. The number of aromatic nitrogens is 2. The Kier molecular flexibility index (Phi) is 5.43. The van der Waals surface area contributed by atoms with E-state index in [4.69, 9.17) is 9.47 Å². The van der Waals surface area contributed by atoms with Crippen LogP contribution in [-0.2, 0) is 9.53 Å². The van der Waals surface area contributed by atoms with Crippen LogP contribution in [-0.4, -0.2) is 59.9 Å². The Morgan fingerprint density at radius 2 is 1.88 bits per heavy atom. The van der Waals surface area contributed by atoms with Gasteiger partial charge in [-0.15, -0.1) is 0 Å². The number of carbonyl (C=O) groups excluding carboxylic acids is 1. The van der Waals surface area contributed by atoms with Crippen LogP contribution >= 0.6 is 0 Å². The highest BCUT2D eigenvalue weighted by atomic mass is 16.5. The fraction of sp³-hybridized carbons (Fsp3) is 0.208. The highest BCUT2D eigenvalue weighted by Crippen LogP contribution is 2.28. The molecule has 4 aromatic rings. The van der Waals surface area contributed by atoms with E-state index in [1.54, 1.807) is 23.2 Å². The smallest absolute Gasteiger partial charge is 0.323 e. The van der Waals surface area contributed by atoms with E-state index in [0.29, 0.717) is 43.3 Å². The molecule has 1 saturated heterocycles. The van der Waals surface area contributed by atoms with Crippen molar-refractivity contribution in [2.24, 2.45) is 4.99 Å². The third kappa shape index (κ3) is 4.13. The molecule has 0 unspecified atom stereocenters. The molecule has 2 heterocycles. The minimum atomic E-state index is -0.254. The summed E-state index contributed by atoms with van der Waals surface area (Å²) >= 11 is 0. The van der Waals surface area contributed by atoms with Gasteiger partial charge in [0.2, 0.25) is 0 Å². The van der Waals surface area contributed by atoms with Crippen molar-refractivity contribution in [1.82, 2.24) is 14.9 Å². The second-order valence-electron chi connectivity index (χ2n) is 7.55. The summed E-state index contributed by atoms with van der Waals surface area (Å²) in [4.78, 5) is 35.9. The van der Waals surface area contributed by atoms with Crippen LogP contribution < -0.4 is 10.4 Å². The minimum absolute atomic E-state index is 0.0459. The Morgan fingerprint density at radius 1 is 1.06 bits per heavy atom. The number of hydrogen-bond donors (Lipinski definition) is 2. The van der Waals surface area contributed by atoms with Gasteiger partial charge in [-0.2, -0.15) is 0 Å². The molecular formula is C24H22N4O4. The summed E-state index contributed by atoms with van der Waals surface area (Å²) < 4.78 is 11.3. The number of hydrogen-bond acceptors (Lipinski definition) is 5. The summed E-state index contributed by atoms with van der Waals surface area (Å²) in [5, 5.41) is 2.02. The normalized spacial score (nSPS) is 14.4. The topological polar surface area (TPSA) is 99.8 Å². The van der Waals surface area contributed by atoms with Crippen LogP contribution in [0.4, 0.5) is 5.69 Å². The monoisotopic (exact) mass is 430 g/mol. The lowest BCUT2D eigenvalue weighted by Crippen LogP contribution is -2.43. The number of imidazole rings is 1. The molecule has 0 saturated carbocycles. The van der Waals surface area contributed by atoms with E-state index in [0.717, 1.165) is 21.9 Å². The molecule has 0 aliphatic carbocycles.